The zero-order chi connectivity index (χ0) is 18.4. The lowest BCUT2D eigenvalue weighted by molar-refractivity contribution is 0.395. The maximum atomic E-state index is 13.1. The SMILES string of the molecule is Cn1c(=O)c2c(c3ccccc31)OC(N)=C(C#N)C2c1cccc(O)c1. The molecule has 1 aromatic heterocycles. The highest BCUT2D eigenvalue weighted by Gasteiger charge is 2.35. The van der Waals surface area contributed by atoms with Crippen molar-refractivity contribution in [1.29, 1.82) is 5.26 Å². The summed E-state index contributed by atoms with van der Waals surface area (Å²) in [5.41, 5.74) is 7.53. The highest BCUT2D eigenvalue weighted by molar-refractivity contribution is 5.88. The molecule has 6 nitrogen and oxygen atoms in total. The Labute approximate surface area is 149 Å². The van der Waals surface area contributed by atoms with E-state index in [2.05, 4.69) is 6.07 Å². The van der Waals surface area contributed by atoms with Gasteiger partial charge in [-0.3, -0.25) is 4.79 Å². The van der Waals surface area contributed by atoms with E-state index in [4.69, 9.17) is 10.5 Å². The van der Waals surface area contributed by atoms with Crippen LogP contribution in [0.1, 0.15) is 17.0 Å². The van der Waals surface area contributed by atoms with Gasteiger partial charge in [-0.05, 0) is 29.8 Å². The van der Waals surface area contributed by atoms with Crippen molar-refractivity contribution in [2.45, 2.75) is 5.92 Å². The summed E-state index contributed by atoms with van der Waals surface area (Å²) in [6.45, 7) is 0. The topological polar surface area (TPSA) is 101 Å². The first-order valence-electron chi connectivity index (χ1n) is 8.01. The van der Waals surface area contributed by atoms with Gasteiger partial charge in [-0.25, -0.2) is 0 Å². The van der Waals surface area contributed by atoms with Crippen LogP contribution in [0.3, 0.4) is 0 Å². The number of nitrogens with two attached hydrogens (primary N) is 1. The Hall–Kier alpha value is -3.72. The Kier molecular flexibility index (Phi) is 3.44. The third-order valence-electron chi connectivity index (χ3n) is 4.67. The summed E-state index contributed by atoms with van der Waals surface area (Å²) in [5.74, 6) is -0.344. The van der Waals surface area contributed by atoms with Crippen molar-refractivity contribution < 1.29 is 9.84 Å². The van der Waals surface area contributed by atoms with Gasteiger partial charge in [0.15, 0.2) is 0 Å². The fraction of sp³-hybridized carbons (Fsp3) is 0.100. The molecular weight excluding hydrogens is 330 g/mol. The molecule has 3 N–H and O–H groups in total. The van der Waals surface area contributed by atoms with Crippen LogP contribution in [0.5, 0.6) is 11.5 Å². The second-order valence-corrected chi connectivity index (χ2v) is 6.14. The average Bonchev–Trinajstić information content (AvgIpc) is 2.65. The molecule has 1 aliphatic heterocycles. The monoisotopic (exact) mass is 345 g/mol. The van der Waals surface area contributed by atoms with Crippen LogP contribution in [0.25, 0.3) is 10.9 Å². The first kappa shape index (κ1) is 15.8. The Bertz CT molecular complexity index is 1190. The Morgan fingerprint density at radius 1 is 1.23 bits per heavy atom. The van der Waals surface area contributed by atoms with Crippen LogP contribution in [0.4, 0.5) is 0 Å². The van der Waals surface area contributed by atoms with Gasteiger partial charge in [-0.15, -0.1) is 0 Å². The molecule has 0 radical (unpaired) electrons. The number of aryl methyl sites for hydroxylation is 1. The zero-order valence-electron chi connectivity index (χ0n) is 13.9. The molecule has 1 atom stereocenters. The lowest BCUT2D eigenvalue weighted by atomic mass is 9.83. The number of hydrogen-bond donors (Lipinski definition) is 2. The third kappa shape index (κ3) is 2.15. The van der Waals surface area contributed by atoms with Crippen molar-refractivity contribution in [3.05, 3.63) is 81.5 Å². The van der Waals surface area contributed by atoms with Gasteiger partial charge in [-0.2, -0.15) is 5.26 Å². The summed E-state index contributed by atoms with van der Waals surface area (Å²) >= 11 is 0. The number of benzene rings is 2. The Morgan fingerprint density at radius 3 is 2.73 bits per heavy atom. The maximum Gasteiger partial charge on any atom is 0.258 e. The molecule has 1 unspecified atom stereocenters. The van der Waals surface area contributed by atoms with Crippen molar-refractivity contribution >= 4 is 10.9 Å². The van der Waals surface area contributed by atoms with Crippen LogP contribution in [-0.2, 0) is 7.05 Å². The largest absolute Gasteiger partial charge is 0.508 e. The molecule has 2 heterocycles. The zero-order valence-corrected chi connectivity index (χ0v) is 13.9. The molecule has 0 saturated carbocycles. The number of fused-ring (bicyclic) bond motifs is 3. The van der Waals surface area contributed by atoms with Crippen LogP contribution in [0, 0.1) is 11.3 Å². The molecule has 0 aliphatic carbocycles. The number of aromatic hydroxyl groups is 1. The molecule has 0 fully saturated rings. The summed E-state index contributed by atoms with van der Waals surface area (Å²) in [7, 11) is 1.68. The number of phenolic OH excluding ortho intramolecular Hbond substituents is 1. The number of phenols is 1. The standard InChI is InChI=1S/C20H15N3O3/c1-23-15-8-3-2-7-13(15)18-17(20(23)25)16(14(10-21)19(22)26-18)11-5-4-6-12(24)9-11/h2-9,16,24H,22H2,1H3. The number of aromatic nitrogens is 1. The number of allylic oxidation sites excluding steroid dienone is 1. The Balaban J connectivity index is 2.14. The highest BCUT2D eigenvalue weighted by atomic mass is 16.5. The predicted molar refractivity (Wildman–Crippen MR) is 96.6 cm³/mol. The lowest BCUT2D eigenvalue weighted by Gasteiger charge is -2.27. The van der Waals surface area contributed by atoms with Gasteiger partial charge in [0.25, 0.3) is 5.56 Å². The summed E-state index contributed by atoms with van der Waals surface area (Å²) in [6, 6.07) is 15.9. The van der Waals surface area contributed by atoms with E-state index in [0.717, 1.165) is 5.39 Å². The van der Waals surface area contributed by atoms with Crippen LogP contribution in [0.2, 0.25) is 0 Å². The molecule has 6 heteroatoms. The van der Waals surface area contributed by atoms with Crippen molar-refractivity contribution in [2.24, 2.45) is 12.8 Å². The van der Waals surface area contributed by atoms with Gasteiger partial charge in [-0.1, -0.05) is 24.3 Å². The highest BCUT2D eigenvalue weighted by Crippen LogP contribution is 2.43. The summed E-state index contributed by atoms with van der Waals surface area (Å²) in [4.78, 5) is 13.1. The number of hydrogen-bond acceptors (Lipinski definition) is 5. The van der Waals surface area contributed by atoms with Crippen LogP contribution in [0.15, 0.2) is 64.8 Å². The average molecular weight is 345 g/mol. The second-order valence-electron chi connectivity index (χ2n) is 6.14. The van der Waals surface area contributed by atoms with Gasteiger partial charge >= 0.3 is 0 Å². The van der Waals surface area contributed by atoms with Crippen LogP contribution in [-0.4, -0.2) is 9.67 Å². The molecule has 0 bridgehead atoms. The number of para-hydroxylation sites is 1. The molecule has 0 amide bonds. The minimum Gasteiger partial charge on any atom is -0.508 e. The van der Waals surface area contributed by atoms with Crippen LogP contribution < -0.4 is 16.0 Å². The number of nitrogens with zero attached hydrogens (tertiary/aromatic N) is 2. The normalized spacial score (nSPS) is 16.1. The molecule has 4 rings (SSSR count). The van der Waals surface area contributed by atoms with E-state index in [-0.39, 0.29) is 22.8 Å². The predicted octanol–water partition coefficient (Wildman–Crippen LogP) is 2.46. The molecule has 3 aromatic rings. The van der Waals surface area contributed by atoms with E-state index in [0.29, 0.717) is 22.4 Å². The fourth-order valence-electron chi connectivity index (χ4n) is 3.46. The number of rotatable bonds is 1. The minimum absolute atomic E-state index is 0.0354. The quantitative estimate of drug-likeness (QED) is 0.705. The number of nitriles is 1. The van der Waals surface area contributed by atoms with E-state index < -0.39 is 5.92 Å². The van der Waals surface area contributed by atoms with Gasteiger partial charge in [0.1, 0.15) is 23.1 Å². The minimum atomic E-state index is -0.709. The molecule has 128 valence electrons. The molecule has 2 aromatic carbocycles. The van der Waals surface area contributed by atoms with Crippen molar-refractivity contribution in [3.63, 3.8) is 0 Å². The van der Waals surface area contributed by atoms with Crippen molar-refractivity contribution in [1.82, 2.24) is 4.57 Å². The first-order valence-corrected chi connectivity index (χ1v) is 8.01. The molecule has 0 saturated heterocycles. The van der Waals surface area contributed by atoms with Gasteiger partial charge < -0.3 is 20.1 Å². The van der Waals surface area contributed by atoms with E-state index in [1.54, 1.807) is 19.2 Å². The molecule has 26 heavy (non-hydrogen) atoms. The second kappa shape index (κ2) is 5.67. The van der Waals surface area contributed by atoms with Crippen molar-refractivity contribution in [3.8, 4) is 17.6 Å². The molecule has 1 aliphatic rings. The summed E-state index contributed by atoms with van der Waals surface area (Å²) in [6.07, 6.45) is 0. The van der Waals surface area contributed by atoms with Gasteiger partial charge in [0.05, 0.1) is 17.0 Å². The summed E-state index contributed by atoms with van der Waals surface area (Å²) < 4.78 is 7.26. The maximum absolute atomic E-state index is 13.1. The van der Waals surface area contributed by atoms with E-state index in [9.17, 15) is 15.2 Å². The smallest absolute Gasteiger partial charge is 0.258 e. The van der Waals surface area contributed by atoms with Crippen molar-refractivity contribution in [2.75, 3.05) is 0 Å². The fourth-order valence-corrected chi connectivity index (χ4v) is 3.46. The van der Waals surface area contributed by atoms with E-state index >= 15 is 0 Å². The molecule has 0 spiro atoms. The summed E-state index contributed by atoms with van der Waals surface area (Å²) in [5, 5.41) is 20.2. The Morgan fingerprint density at radius 2 is 2.00 bits per heavy atom. The number of pyridine rings is 1. The van der Waals surface area contributed by atoms with Gasteiger partial charge in [0, 0.05) is 12.4 Å². The van der Waals surface area contributed by atoms with E-state index in [1.807, 2.05) is 24.3 Å². The van der Waals surface area contributed by atoms with E-state index in [1.165, 1.54) is 16.7 Å². The van der Waals surface area contributed by atoms with Gasteiger partial charge in [0.2, 0.25) is 5.88 Å². The molecular formula is C20H15N3O3. The number of ether oxygens (including phenoxy) is 1. The van der Waals surface area contributed by atoms with Crippen LogP contribution >= 0.6 is 0 Å². The first-order chi connectivity index (χ1) is 12.5. The lowest BCUT2D eigenvalue weighted by Crippen LogP contribution is -2.31. The third-order valence-corrected chi connectivity index (χ3v) is 4.67.